The first-order valence-electron chi connectivity index (χ1n) is 11.9. The molecule has 0 unspecified atom stereocenters. The van der Waals surface area contributed by atoms with Gasteiger partial charge in [-0.15, -0.1) is 0 Å². The van der Waals surface area contributed by atoms with Crippen molar-refractivity contribution in [3.63, 3.8) is 0 Å². The second kappa shape index (κ2) is 9.25. The van der Waals surface area contributed by atoms with Crippen LogP contribution in [-0.2, 0) is 16.0 Å². The summed E-state index contributed by atoms with van der Waals surface area (Å²) < 4.78 is 3.26. The molecule has 2 aromatic carbocycles. The van der Waals surface area contributed by atoms with E-state index in [-0.39, 0.29) is 16.2 Å². The van der Waals surface area contributed by atoms with Crippen LogP contribution in [0.15, 0.2) is 65.0 Å². The van der Waals surface area contributed by atoms with Gasteiger partial charge in [-0.3, -0.25) is 29.3 Å². The fourth-order valence-corrected chi connectivity index (χ4v) is 4.91. The van der Waals surface area contributed by atoms with Gasteiger partial charge in [0, 0.05) is 11.4 Å². The molecule has 1 fully saturated rings. The molecule has 0 saturated carbocycles. The monoisotopic (exact) mass is 511 g/mol. The van der Waals surface area contributed by atoms with E-state index in [1.165, 1.54) is 9.58 Å². The van der Waals surface area contributed by atoms with Crippen LogP contribution in [0, 0.1) is 20.8 Å². The number of anilines is 1. The van der Waals surface area contributed by atoms with Gasteiger partial charge in [-0.2, -0.15) is 4.68 Å². The van der Waals surface area contributed by atoms with E-state index in [1.807, 2.05) is 57.2 Å². The van der Waals surface area contributed by atoms with E-state index in [2.05, 4.69) is 10.3 Å². The minimum Gasteiger partial charge on any atom is -0.298 e. The van der Waals surface area contributed by atoms with Gasteiger partial charge in [-0.05, 0) is 86.9 Å². The number of amides is 2. The molecule has 1 saturated heterocycles. The molecule has 0 atom stereocenters. The number of carbonyl (C=O) groups excluding carboxylic acids is 2. The quantitative estimate of drug-likeness (QED) is 0.256. The maximum absolute atomic E-state index is 13.5. The third-order valence-corrected chi connectivity index (χ3v) is 6.84. The Balaban J connectivity index is 1.60. The number of para-hydroxylation sites is 1. The van der Waals surface area contributed by atoms with Crippen LogP contribution in [0.4, 0.5) is 5.69 Å². The summed E-state index contributed by atoms with van der Waals surface area (Å²) in [6.45, 7) is 7.51. The molecule has 5 rings (SSSR count). The summed E-state index contributed by atoms with van der Waals surface area (Å²) >= 11 is 5.32. The zero-order valence-corrected chi connectivity index (χ0v) is 21.7. The summed E-state index contributed by atoms with van der Waals surface area (Å²) in [5.74, 6) is -0.561. The summed E-state index contributed by atoms with van der Waals surface area (Å²) in [6, 6.07) is 16.5. The average molecular weight is 512 g/mol. The highest BCUT2D eigenvalue weighted by molar-refractivity contribution is 7.80. The number of hydrogen-bond donors (Lipinski definition) is 1. The molecular weight excluding hydrogens is 486 g/mol. The standard InChI is InChI=1S/C28H25N5O3S/c1-5-19-10-12-21(13-11-19)31-26(35)23(25(34)30-28(31)37)15-20-14-16(2)32(17(20)3)33-18(4)29-24-9-7-6-8-22(24)27(33)36/h6-15H,5H2,1-4H3,(H,30,34,37). The first-order valence-corrected chi connectivity index (χ1v) is 12.3. The number of nitrogens with zero attached hydrogens (tertiary/aromatic N) is 4. The van der Waals surface area contributed by atoms with Crippen LogP contribution in [0.3, 0.4) is 0 Å². The Morgan fingerprint density at radius 3 is 2.38 bits per heavy atom. The van der Waals surface area contributed by atoms with Crippen LogP contribution in [-0.4, -0.2) is 31.3 Å². The molecule has 0 radical (unpaired) electrons. The Bertz CT molecular complexity index is 1700. The molecular formula is C28H25N5O3S. The summed E-state index contributed by atoms with van der Waals surface area (Å²) in [5.41, 5.74) is 4.13. The van der Waals surface area contributed by atoms with Gasteiger partial charge >= 0.3 is 0 Å². The third-order valence-electron chi connectivity index (χ3n) is 6.55. The first-order chi connectivity index (χ1) is 17.7. The van der Waals surface area contributed by atoms with Crippen LogP contribution in [0.5, 0.6) is 0 Å². The minimum absolute atomic E-state index is 0.0336. The Labute approximate surface area is 218 Å². The molecule has 2 aromatic heterocycles. The van der Waals surface area contributed by atoms with Gasteiger partial charge in [-0.1, -0.05) is 31.2 Å². The largest absolute Gasteiger partial charge is 0.298 e. The van der Waals surface area contributed by atoms with Crippen LogP contribution in [0.25, 0.3) is 17.0 Å². The van der Waals surface area contributed by atoms with Gasteiger partial charge in [0.2, 0.25) is 0 Å². The van der Waals surface area contributed by atoms with E-state index in [4.69, 9.17) is 12.2 Å². The minimum atomic E-state index is -0.568. The van der Waals surface area contributed by atoms with Crippen molar-refractivity contribution in [3.8, 4) is 0 Å². The number of carbonyl (C=O) groups is 2. The lowest BCUT2D eigenvalue weighted by molar-refractivity contribution is -0.122. The predicted molar refractivity (Wildman–Crippen MR) is 147 cm³/mol. The lowest BCUT2D eigenvalue weighted by Gasteiger charge is -2.29. The topological polar surface area (TPSA) is 89.2 Å². The number of rotatable bonds is 4. The van der Waals surface area contributed by atoms with Crippen molar-refractivity contribution in [1.82, 2.24) is 19.7 Å². The Kier molecular flexibility index (Phi) is 6.08. The normalized spacial score (nSPS) is 15.1. The van der Waals surface area contributed by atoms with Gasteiger partial charge in [0.15, 0.2) is 5.11 Å². The molecule has 1 N–H and O–H groups in total. The molecule has 4 aromatic rings. The van der Waals surface area contributed by atoms with Gasteiger partial charge in [0.1, 0.15) is 11.4 Å². The first kappa shape index (κ1) is 24.3. The molecule has 0 bridgehead atoms. The zero-order chi connectivity index (χ0) is 26.4. The van der Waals surface area contributed by atoms with E-state index in [9.17, 15) is 14.4 Å². The zero-order valence-electron chi connectivity index (χ0n) is 20.9. The van der Waals surface area contributed by atoms with Crippen molar-refractivity contribution in [2.75, 3.05) is 4.90 Å². The van der Waals surface area contributed by atoms with Gasteiger partial charge in [0.25, 0.3) is 17.4 Å². The molecule has 1 aliphatic rings. The lowest BCUT2D eigenvalue weighted by atomic mass is 10.1. The maximum Gasteiger partial charge on any atom is 0.280 e. The third kappa shape index (κ3) is 4.07. The fourth-order valence-electron chi connectivity index (χ4n) is 4.63. The fraction of sp³-hybridized carbons (Fsp3) is 0.179. The molecule has 186 valence electrons. The van der Waals surface area contributed by atoms with E-state index in [0.29, 0.717) is 33.7 Å². The van der Waals surface area contributed by atoms with Gasteiger partial charge in [0.05, 0.1) is 16.6 Å². The molecule has 37 heavy (non-hydrogen) atoms. The van der Waals surface area contributed by atoms with E-state index in [1.54, 1.807) is 35.9 Å². The number of aryl methyl sites for hydroxylation is 3. The van der Waals surface area contributed by atoms with E-state index < -0.39 is 11.8 Å². The summed E-state index contributed by atoms with van der Waals surface area (Å²) in [5, 5.41) is 3.16. The van der Waals surface area contributed by atoms with Crippen LogP contribution < -0.4 is 15.8 Å². The van der Waals surface area contributed by atoms with Crippen molar-refractivity contribution < 1.29 is 9.59 Å². The second-order valence-electron chi connectivity index (χ2n) is 8.91. The Morgan fingerprint density at radius 1 is 0.973 bits per heavy atom. The Hall–Kier alpha value is -4.37. The SMILES string of the molecule is CCc1ccc(N2C(=O)C(=Cc3cc(C)n(-n4c(C)nc5ccccc5c4=O)c3C)C(=O)NC2=S)cc1. The summed E-state index contributed by atoms with van der Waals surface area (Å²) in [4.78, 5) is 45.6. The highest BCUT2D eigenvalue weighted by Gasteiger charge is 2.34. The molecule has 0 spiro atoms. The highest BCUT2D eigenvalue weighted by Crippen LogP contribution is 2.25. The summed E-state index contributed by atoms with van der Waals surface area (Å²) in [6.07, 6.45) is 2.41. The van der Waals surface area contributed by atoms with Crippen LogP contribution in [0.1, 0.15) is 35.3 Å². The molecule has 1 aliphatic heterocycles. The van der Waals surface area contributed by atoms with Gasteiger partial charge in [-0.25, -0.2) is 4.98 Å². The molecule has 3 heterocycles. The van der Waals surface area contributed by atoms with E-state index >= 15 is 0 Å². The lowest BCUT2D eigenvalue weighted by Crippen LogP contribution is -2.54. The number of aromatic nitrogens is 3. The van der Waals surface area contributed by atoms with Crippen LogP contribution in [0.2, 0.25) is 0 Å². The molecule has 2 amide bonds. The van der Waals surface area contributed by atoms with E-state index in [0.717, 1.165) is 17.7 Å². The maximum atomic E-state index is 13.5. The predicted octanol–water partition coefficient (Wildman–Crippen LogP) is 3.83. The average Bonchev–Trinajstić information content (AvgIpc) is 3.14. The number of thiocarbonyl (C=S) groups is 1. The number of nitrogens with one attached hydrogen (secondary N) is 1. The number of fused-ring (bicyclic) bond motifs is 1. The Morgan fingerprint density at radius 2 is 1.68 bits per heavy atom. The number of hydrogen-bond acceptors (Lipinski definition) is 5. The van der Waals surface area contributed by atoms with Crippen molar-refractivity contribution in [1.29, 1.82) is 0 Å². The van der Waals surface area contributed by atoms with Crippen molar-refractivity contribution in [3.05, 3.63) is 98.9 Å². The highest BCUT2D eigenvalue weighted by atomic mass is 32.1. The van der Waals surface area contributed by atoms with Gasteiger partial charge < -0.3 is 0 Å². The summed E-state index contributed by atoms with van der Waals surface area (Å²) in [7, 11) is 0. The molecule has 8 nitrogen and oxygen atoms in total. The van der Waals surface area contributed by atoms with Crippen molar-refractivity contribution >= 4 is 51.8 Å². The van der Waals surface area contributed by atoms with Crippen LogP contribution >= 0.6 is 12.2 Å². The van der Waals surface area contributed by atoms with Crippen molar-refractivity contribution in [2.24, 2.45) is 0 Å². The molecule has 9 heteroatoms. The van der Waals surface area contributed by atoms with Crippen molar-refractivity contribution in [2.45, 2.75) is 34.1 Å². The second-order valence-corrected chi connectivity index (χ2v) is 9.30. The number of benzene rings is 2. The molecule has 0 aliphatic carbocycles. The smallest absolute Gasteiger partial charge is 0.280 e.